The van der Waals surface area contributed by atoms with Crippen molar-refractivity contribution < 1.29 is 8.42 Å². The third-order valence-electron chi connectivity index (χ3n) is 1.97. The molecule has 15 heavy (non-hydrogen) atoms. The van der Waals surface area contributed by atoms with Gasteiger partial charge < -0.3 is 0 Å². The third-order valence-corrected chi connectivity index (χ3v) is 5.21. The van der Waals surface area contributed by atoms with Gasteiger partial charge in [0.1, 0.15) is 0 Å². The number of rotatable bonds is 3. The van der Waals surface area contributed by atoms with E-state index in [1.807, 2.05) is 52.9 Å². The van der Waals surface area contributed by atoms with Gasteiger partial charge in [-0.2, -0.15) is 0 Å². The van der Waals surface area contributed by atoms with Crippen molar-refractivity contribution in [2.75, 3.05) is 0 Å². The molecule has 1 aromatic carbocycles. The molecule has 0 radical (unpaired) electrons. The lowest BCUT2D eigenvalue weighted by molar-refractivity contribution is 0.596. The van der Waals surface area contributed by atoms with E-state index in [-0.39, 0.29) is 5.25 Å². The van der Waals surface area contributed by atoms with Gasteiger partial charge in [0.05, 0.1) is 5.25 Å². The average Bonchev–Trinajstić information content (AvgIpc) is 2.18. The molecule has 0 aliphatic rings. The summed E-state index contributed by atoms with van der Waals surface area (Å²) in [5, 5.41) is 0.971. The lowest BCUT2D eigenvalue weighted by atomic mass is 10.2. The summed E-state index contributed by atoms with van der Waals surface area (Å²) in [5.74, 6) is 0. The van der Waals surface area contributed by atoms with Crippen LogP contribution in [0.2, 0.25) is 0 Å². The van der Waals surface area contributed by atoms with E-state index >= 15 is 0 Å². The van der Waals surface area contributed by atoms with Gasteiger partial charge in [0, 0.05) is 8.99 Å². The molecule has 1 rings (SSSR count). The molecule has 82 valence electrons. The van der Waals surface area contributed by atoms with Crippen LogP contribution in [0.15, 0.2) is 35.7 Å². The van der Waals surface area contributed by atoms with Crippen LogP contribution in [0, 0.1) is 0 Å². The van der Waals surface area contributed by atoms with Crippen molar-refractivity contribution in [1.29, 1.82) is 0 Å². The van der Waals surface area contributed by atoms with Gasteiger partial charge in [0.15, 0.2) is 9.84 Å². The van der Waals surface area contributed by atoms with E-state index in [4.69, 9.17) is 0 Å². The summed E-state index contributed by atoms with van der Waals surface area (Å²) < 4.78 is 24.0. The molecular formula is C11H13IO2S. The van der Waals surface area contributed by atoms with E-state index in [9.17, 15) is 8.42 Å². The molecule has 0 aromatic heterocycles. The number of hydrogen-bond donors (Lipinski definition) is 0. The highest BCUT2D eigenvalue weighted by Crippen LogP contribution is 2.23. The topological polar surface area (TPSA) is 34.1 Å². The van der Waals surface area contributed by atoms with Crippen LogP contribution in [-0.4, -0.2) is 13.7 Å². The molecule has 0 saturated heterocycles. The smallest absolute Gasteiger partial charge is 0.174 e. The third kappa shape index (κ3) is 3.61. The second-order valence-corrected chi connectivity index (χ2v) is 6.99. The normalized spacial score (nSPS) is 13.2. The highest BCUT2D eigenvalue weighted by molar-refractivity contribution is 14.1. The quantitative estimate of drug-likeness (QED) is 0.794. The van der Waals surface area contributed by atoms with E-state index < -0.39 is 9.84 Å². The minimum absolute atomic E-state index is 0.369. The van der Waals surface area contributed by atoms with Crippen LogP contribution < -0.4 is 0 Å². The Morgan fingerprint density at radius 3 is 2.27 bits per heavy atom. The van der Waals surface area contributed by atoms with Crippen LogP contribution in [0.25, 0.3) is 3.58 Å². The fraction of sp³-hybridized carbons (Fsp3) is 0.273. The van der Waals surface area contributed by atoms with Gasteiger partial charge in [-0.05, 0) is 42.0 Å². The summed E-state index contributed by atoms with van der Waals surface area (Å²) in [4.78, 5) is 0. The molecule has 0 aliphatic heterocycles. The standard InChI is InChI=1S/C11H13IO2S/c1-9(2)15(13,14)8-11(12)10-6-4-3-5-7-10/h3-9H,1-2H3. The highest BCUT2D eigenvalue weighted by atomic mass is 127. The first kappa shape index (κ1) is 12.7. The zero-order valence-electron chi connectivity index (χ0n) is 8.64. The minimum Gasteiger partial charge on any atom is -0.224 e. The molecule has 0 amide bonds. The first-order chi connectivity index (χ1) is 6.93. The van der Waals surface area contributed by atoms with Crippen LogP contribution in [0.5, 0.6) is 0 Å². The average molecular weight is 336 g/mol. The molecule has 0 fully saturated rings. The maximum absolute atomic E-state index is 11.6. The lowest BCUT2D eigenvalue weighted by Gasteiger charge is -2.04. The van der Waals surface area contributed by atoms with Gasteiger partial charge >= 0.3 is 0 Å². The molecule has 0 spiro atoms. The van der Waals surface area contributed by atoms with Crippen molar-refractivity contribution in [2.45, 2.75) is 19.1 Å². The molecular weight excluding hydrogens is 323 g/mol. The monoisotopic (exact) mass is 336 g/mol. The maximum atomic E-state index is 11.6. The Morgan fingerprint density at radius 2 is 1.80 bits per heavy atom. The number of benzene rings is 1. The molecule has 0 aliphatic carbocycles. The molecule has 0 saturated carbocycles. The SMILES string of the molecule is CC(C)S(=O)(=O)C=C(I)c1ccccc1. The maximum Gasteiger partial charge on any atom is 0.174 e. The van der Waals surface area contributed by atoms with E-state index in [0.717, 1.165) is 9.14 Å². The van der Waals surface area contributed by atoms with Crippen LogP contribution in [0.3, 0.4) is 0 Å². The van der Waals surface area contributed by atoms with Gasteiger partial charge in [-0.3, -0.25) is 0 Å². The second-order valence-electron chi connectivity index (χ2n) is 3.47. The van der Waals surface area contributed by atoms with E-state index in [1.54, 1.807) is 13.8 Å². The van der Waals surface area contributed by atoms with Crippen molar-refractivity contribution in [3.63, 3.8) is 0 Å². The Morgan fingerprint density at radius 1 is 1.27 bits per heavy atom. The molecule has 0 heterocycles. The number of sulfone groups is 1. The summed E-state index contributed by atoms with van der Waals surface area (Å²) in [7, 11) is -3.12. The van der Waals surface area contributed by atoms with Crippen LogP contribution in [0.4, 0.5) is 0 Å². The summed E-state index contributed by atoms with van der Waals surface area (Å²) in [6.07, 6.45) is 0. The first-order valence-electron chi connectivity index (χ1n) is 4.60. The fourth-order valence-electron chi connectivity index (χ4n) is 0.946. The molecule has 0 atom stereocenters. The Balaban J connectivity index is 3.06. The zero-order chi connectivity index (χ0) is 11.5. The summed E-state index contributed by atoms with van der Waals surface area (Å²) in [6, 6.07) is 9.49. The van der Waals surface area contributed by atoms with Gasteiger partial charge in [-0.1, -0.05) is 30.3 Å². The van der Waals surface area contributed by atoms with Crippen molar-refractivity contribution in [3.8, 4) is 0 Å². The Bertz CT molecular complexity index is 447. The molecule has 2 nitrogen and oxygen atoms in total. The lowest BCUT2D eigenvalue weighted by Crippen LogP contribution is -2.10. The Labute approximate surface area is 104 Å². The molecule has 0 unspecified atom stereocenters. The number of halogens is 1. The highest BCUT2D eigenvalue weighted by Gasteiger charge is 2.13. The van der Waals surface area contributed by atoms with E-state index in [1.165, 1.54) is 5.41 Å². The van der Waals surface area contributed by atoms with Crippen molar-refractivity contribution in [3.05, 3.63) is 41.3 Å². The van der Waals surface area contributed by atoms with Gasteiger partial charge in [-0.25, -0.2) is 8.42 Å². The summed E-state index contributed by atoms with van der Waals surface area (Å²) >= 11 is 2.05. The van der Waals surface area contributed by atoms with Crippen LogP contribution in [-0.2, 0) is 9.84 Å². The van der Waals surface area contributed by atoms with Crippen LogP contribution >= 0.6 is 22.6 Å². The van der Waals surface area contributed by atoms with Crippen molar-refractivity contribution in [1.82, 2.24) is 0 Å². The predicted octanol–water partition coefficient (Wildman–Crippen LogP) is 3.24. The van der Waals surface area contributed by atoms with Gasteiger partial charge in [-0.15, -0.1) is 0 Å². The van der Waals surface area contributed by atoms with Crippen molar-refractivity contribution in [2.24, 2.45) is 0 Å². The molecule has 0 bridgehead atoms. The second kappa shape index (κ2) is 5.12. The van der Waals surface area contributed by atoms with Crippen molar-refractivity contribution >= 4 is 36.0 Å². The Hall–Kier alpha value is -0.360. The molecule has 1 aromatic rings. The van der Waals surface area contributed by atoms with Gasteiger partial charge in [0.25, 0.3) is 0 Å². The predicted molar refractivity (Wildman–Crippen MR) is 72.5 cm³/mol. The minimum atomic E-state index is -3.12. The van der Waals surface area contributed by atoms with E-state index in [2.05, 4.69) is 0 Å². The first-order valence-corrected chi connectivity index (χ1v) is 7.29. The molecule has 0 N–H and O–H groups in total. The van der Waals surface area contributed by atoms with Crippen LogP contribution in [0.1, 0.15) is 19.4 Å². The Kier molecular flexibility index (Phi) is 4.33. The summed E-state index contributed by atoms with van der Waals surface area (Å²) in [5.41, 5.74) is 0.933. The molecule has 4 heteroatoms. The zero-order valence-corrected chi connectivity index (χ0v) is 11.6. The largest absolute Gasteiger partial charge is 0.224 e. The summed E-state index contributed by atoms with van der Waals surface area (Å²) in [6.45, 7) is 3.36. The number of hydrogen-bond acceptors (Lipinski definition) is 2. The van der Waals surface area contributed by atoms with Gasteiger partial charge in [0.2, 0.25) is 0 Å². The fourth-order valence-corrected chi connectivity index (χ4v) is 3.07. The van der Waals surface area contributed by atoms with E-state index in [0.29, 0.717) is 0 Å².